The van der Waals surface area contributed by atoms with Crippen molar-refractivity contribution in [2.75, 3.05) is 44.3 Å². The number of halogens is 1. The van der Waals surface area contributed by atoms with Gasteiger partial charge < -0.3 is 14.5 Å². The average molecular weight is 308 g/mol. The van der Waals surface area contributed by atoms with Crippen molar-refractivity contribution in [2.45, 2.75) is 13.8 Å². The van der Waals surface area contributed by atoms with Gasteiger partial charge in [0.25, 0.3) is 0 Å². The third-order valence-electron chi connectivity index (χ3n) is 3.76. The zero-order valence-electron chi connectivity index (χ0n) is 13.0. The van der Waals surface area contributed by atoms with Gasteiger partial charge in [-0.05, 0) is 32.0 Å². The molecule has 120 valence electrons. The maximum Gasteiger partial charge on any atom is 0.248 e. The van der Waals surface area contributed by atoms with Crippen molar-refractivity contribution in [3.8, 4) is 0 Å². The SMILES string of the molecule is CCOCC(=O)N1CCN(c2ccc(C(C)=O)cc2F)CC1. The van der Waals surface area contributed by atoms with Gasteiger partial charge in [0.1, 0.15) is 12.4 Å². The zero-order valence-corrected chi connectivity index (χ0v) is 13.0. The first kappa shape index (κ1) is 16.4. The molecule has 1 amide bonds. The predicted molar refractivity (Wildman–Crippen MR) is 81.7 cm³/mol. The Balaban J connectivity index is 1.97. The van der Waals surface area contributed by atoms with Gasteiger partial charge in [-0.15, -0.1) is 0 Å². The maximum atomic E-state index is 14.1. The van der Waals surface area contributed by atoms with Gasteiger partial charge in [0.05, 0.1) is 5.69 Å². The number of carbonyl (C=O) groups excluding carboxylic acids is 2. The molecule has 0 spiro atoms. The van der Waals surface area contributed by atoms with Crippen LogP contribution < -0.4 is 4.90 Å². The third kappa shape index (κ3) is 3.82. The Morgan fingerprint density at radius 1 is 1.23 bits per heavy atom. The number of hydrogen-bond donors (Lipinski definition) is 0. The number of anilines is 1. The van der Waals surface area contributed by atoms with Crippen molar-refractivity contribution in [3.05, 3.63) is 29.6 Å². The lowest BCUT2D eigenvalue weighted by Gasteiger charge is -2.36. The summed E-state index contributed by atoms with van der Waals surface area (Å²) in [5.41, 5.74) is 0.841. The van der Waals surface area contributed by atoms with Crippen molar-refractivity contribution in [3.63, 3.8) is 0 Å². The summed E-state index contributed by atoms with van der Waals surface area (Å²) in [6.07, 6.45) is 0. The minimum Gasteiger partial charge on any atom is -0.372 e. The summed E-state index contributed by atoms with van der Waals surface area (Å²) in [6, 6.07) is 4.53. The molecular formula is C16H21FN2O3. The van der Waals surface area contributed by atoms with Gasteiger partial charge in [0.2, 0.25) is 5.91 Å². The highest BCUT2D eigenvalue weighted by molar-refractivity contribution is 5.94. The normalized spacial score (nSPS) is 15.0. The van der Waals surface area contributed by atoms with E-state index in [1.165, 1.54) is 13.0 Å². The summed E-state index contributed by atoms with van der Waals surface area (Å²) < 4.78 is 19.2. The van der Waals surface area contributed by atoms with E-state index in [4.69, 9.17) is 4.74 Å². The molecule has 0 aliphatic carbocycles. The molecule has 1 aliphatic rings. The summed E-state index contributed by atoms with van der Waals surface area (Å²) in [7, 11) is 0. The largest absolute Gasteiger partial charge is 0.372 e. The number of rotatable bonds is 5. The Morgan fingerprint density at radius 2 is 1.91 bits per heavy atom. The zero-order chi connectivity index (χ0) is 16.1. The van der Waals surface area contributed by atoms with Crippen LogP contribution in [0.1, 0.15) is 24.2 Å². The van der Waals surface area contributed by atoms with Crippen molar-refractivity contribution >= 4 is 17.4 Å². The molecule has 1 aromatic carbocycles. The number of carbonyl (C=O) groups is 2. The number of amides is 1. The molecule has 1 saturated heterocycles. The lowest BCUT2D eigenvalue weighted by Crippen LogP contribution is -2.50. The van der Waals surface area contributed by atoms with E-state index in [2.05, 4.69) is 0 Å². The van der Waals surface area contributed by atoms with E-state index < -0.39 is 5.82 Å². The van der Waals surface area contributed by atoms with E-state index in [0.717, 1.165) is 0 Å². The molecule has 0 unspecified atom stereocenters. The summed E-state index contributed by atoms with van der Waals surface area (Å²) in [6.45, 7) is 6.08. The highest BCUT2D eigenvalue weighted by Gasteiger charge is 2.23. The molecule has 0 atom stereocenters. The second-order valence-electron chi connectivity index (χ2n) is 5.23. The average Bonchev–Trinajstić information content (AvgIpc) is 2.52. The van der Waals surface area contributed by atoms with Crippen molar-refractivity contribution in [2.24, 2.45) is 0 Å². The molecule has 0 N–H and O–H groups in total. The fraction of sp³-hybridized carbons (Fsp3) is 0.500. The molecule has 1 aliphatic heterocycles. The van der Waals surface area contributed by atoms with Gasteiger partial charge in [0.15, 0.2) is 5.78 Å². The summed E-state index contributed by atoms with van der Waals surface area (Å²) in [5, 5.41) is 0. The van der Waals surface area contributed by atoms with Crippen LogP contribution in [0.3, 0.4) is 0 Å². The molecule has 1 aromatic rings. The summed E-state index contributed by atoms with van der Waals surface area (Å²) in [4.78, 5) is 26.7. The predicted octanol–water partition coefficient (Wildman–Crippen LogP) is 1.71. The van der Waals surface area contributed by atoms with Crippen LogP contribution >= 0.6 is 0 Å². The Bertz CT molecular complexity index is 554. The fourth-order valence-electron chi connectivity index (χ4n) is 2.46. The van der Waals surface area contributed by atoms with Gasteiger partial charge in [-0.25, -0.2) is 4.39 Å². The Labute approximate surface area is 129 Å². The summed E-state index contributed by atoms with van der Waals surface area (Å²) >= 11 is 0. The van der Waals surface area contributed by atoms with E-state index in [0.29, 0.717) is 44.0 Å². The van der Waals surface area contributed by atoms with E-state index >= 15 is 0 Å². The topological polar surface area (TPSA) is 49.9 Å². The van der Waals surface area contributed by atoms with E-state index in [-0.39, 0.29) is 18.3 Å². The maximum absolute atomic E-state index is 14.1. The van der Waals surface area contributed by atoms with E-state index in [1.54, 1.807) is 17.0 Å². The number of ether oxygens (including phenoxy) is 1. The fourth-order valence-corrected chi connectivity index (χ4v) is 2.46. The van der Waals surface area contributed by atoms with Crippen molar-refractivity contribution in [1.29, 1.82) is 0 Å². The van der Waals surface area contributed by atoms with Crippen molar-refractivity contribution in [1.82, 2.24) is 4.90 Å². The smallest absolute Gasteiger partial charge is 0.248 e. The summed E-state index contributed by atoms with van der Waals surface area (Å²) in [5.74, 6) is -0.590. The quantitative estimate of drug-likeness (QED) is 0.777. The molecule has 6 heteroatoms. The lowest BCUT2D eigenvalue weighted by atomic mass is 10.1. The Hall–Kier alpha value is -1.95. The van der Waals surface area contributed by atoms with Gasteiger partial charge in [0, 0.05) is 38.3 Å². The van der Waals surface area contributed by atoms with Crippen LogP contribution in [0.15, 0.2) is 18.2 Å². The molecule has 2 rings (SSSR count). The van der Waals surface area contributed by atoms with E-state index in [1.807, 2.05) is 11.8 Å². The van der Waals surface area contributed by atoms with Crippen LogP contribution in [0.4, 0.5) is 10.1 Å². The molecule has 1 heterocycles. The first-order chi connectivity index (χ1) is 10.5. The molecule has 1 fully saturated rings. The molecule has 0 radical (unpaired) electrons. The first-order valence-electron chi connectivity index (χ1n) is 7.44. The Kier molecular flexibility index (Phi) is 5.49. The highest BCUT2D eigenvalue weighted by atomic mass is 19.1. The van der Waals surface area contributed by atoms with Crippen LogP contribution in [0, 0.1) is 5.82 Å². The number of ketones is 1. The number of benzene rings is 1. The lowest BCUT2D eigenvalue weighted by molar-refractivity contribution is -0.136. The molecule has 0 bridgehead atoms. The second kappa shape index (κ2) is 7.35. The minimum absolute atomic E-state index is 0.0334. The van der Waals surface area contributed by atoms with Gasteiger partial charge in [-0.3, -0.25) is 9.59 Å². The standard InChI is InChI=1S/C16H21FN2O3/c1-3-22-11-16(21)19-8-6-18(7-9-19)15-5-4-13(12(2)20)10-14(15)17/h4-5,10H,3,6-9,11H2,1-2H3. The molecule has 22 heavy (non-hydrogen) atoms. The number of nitrogens with zero attached hydrogens (tertiary/aromatic N) is 2. The van der Waals surface area contributed by atoms with Gasteiger partial charge in [-0.1, -0.05) is 0 Å². The monoisotopic (exact) mass is 308 g/mol. The van der Waals surface area contributed by atoms with Crippen LogP contribution in [-0.2, 0) is 9.53 Å². The van der Waals surface area contributed by atoms with Crippen LogP contribution in [0.2, 0.25) is 0 Å². The van der Waals surface area contributed by atoms with E-state index in [9.17, 15) is 14.0 Å². The van der Waals surface area contributed by atoms with Crippen LogP contribution in [-0.4, -0.2) is 56.0 Å². The molecule has 0 aromatic heterocycles. The number of piperazine rings is 1. The van der Waals surface area contributed by atoms with Crippen molar-refractivity contribution < 1.29 is 18.7 Å². The first-order valence-corrected chi connectivity index (χ1v) is 7.44. The van der Waals surface area contributed by atoms with Crippen LogP contribution in [0.25, 0.3) is 0 Å². The minimum atomic E-state index is -0.401. The van der Waals surface area contributed by atoms with Crippen LogP contribution in [0.5, 0.6) is 0 Å². The van der Waals surface area contributed by atoms with Gasteiger partial charge in [-0.2, -0.15) is 0 Å². The molecular weight excluding hydrogens is 287 g/mol. The third-order valence-corrected chi connectivity index (χ3v) is 3.76. The molecule has 0 saturated carbocycles. The number of Topliss-reactive ketones (excluding diaryl/α,β-unsaturated/α-hetero) is 1. The van der Waals surface area contributed by atoms with Gasteiger partial charge >= 0.3 is 0 Å². The Morgan fingerprint density at radius 3 is 2.45 bits per heavy atom. The number of hydrogen-bond acceptors (Lipinski definition) is 4. The molecule has 5 nitrogen and oxygen atoms in total. The second-order valence-corrected chi connectivity index (χ2v) is 5.23. The highest BCUT2D eigenvalue weighted by Crippen LogP contribution is 2.22.